The van der Waals surface area contributed by atoms with Gasteiger partial charge in [0.15, 0.2) is 5.37 Å². The van der Waals surface area contributed by atoms with E-state index in [0.29, 0.717) is 0 Å². The number of β-lactam (4-membered cyclic amide) rings is 1. The minimum atomic E-state index is -1.86. The van der Waals surface area contributed by atoms with Crippen molar-refractivity contribution in [3.63, 3.8) is 0 Å². The lowest BCUT2D eigenvalue weighted by atomic mass is 10.1. The second kappa shape index (κ2) is 6.31. The molecule has 2 atom stereocenters. The number of ether oxygens (including phenoxy) is 2. The Morgan fingerprint density at radius 2 is 1.96 bits per heavy atom. The van der Waals surface area contributed by atoms with Crippen LogP contribution in [0.2, 0.25) is 0 Å². The molecule has 2 heterocycles. The van der Waals surface area contributed by atoms with Crippen LogP contribution < -0.4 is 0 Å². The van der Waals surface area contributed by atoms with Crippen molar-refractivity contribution < 1.29 is 28.1 Å². The van der Waals surface area contributed by atoms with Gasteiger partial charge in [-0.25, -0.2) is 4.79 Å². The molecule has 134 valence electrons. The van der Waals surface area contributed by atoms with Gasteiger partial charge in [-0.05, 0) is 20.8 Å². The van der Waals surface area contributed by atoms with Gasteiger partial charge in [-0.15, -0.1) is 0 Å². The number of hydrogen-bond acceptors (Lipinski definition) is 6. The van der Waals surface area contributed by atoms with Crippen molar-refractivity contribution in [1.29, 1.82) is 0 Å². The topological polar surface area (TPSA) is 90.0 Å². The highest BCUT2D eigenvalue weighted by atomic mass is 35.5. The quantitative estimate of drug-likeness (QED) is 0.404. The molecule has 2 unspecified atom stereocenters. The Kier molecular flexibility index (Phi) is 5.05. The molecule has 0 aromatic rings. The number of carbonyl (C=O) groups is 3. The van der Waals surface area contributed by atoms with Gasteiger partial charge in [0.1, 0.15) is 17.9 Å². The smallest absolute Gasteiger partial charge is 0.355 e. The van der Waals surface area contributed by atoms with E-state index in [4.69, 9.17) is 32.7 Å². The summed E-state index contributed by atoms with van der Waals surface area (Å²) in [6.45, 7) is 5.93. The molecule has 7 nitrogen and oxygen atoms in total. The molecular formula is C14H17Cl2NO6S. The first kappa shape index (κ1) is 19.2. The first-order valence-electron chi connectivity index (χ1n) is 7.03. The van der Waals surface area contributed by atoms with Crippen molar-refractivity contribution in [2.24, 2.45) is 0 Å². The van der Waals surface area contributed by atoms with E-state index >= 15 is 0 Å². The van der Waals surface area contributed by atoms with Crippen LogP contribution in [0.3, 0.4) is 0 Å². The molecule has 0 aromatic carbocycles. The number of amides is 1. The van der Waals surface area contributed by atoms with Crippen LogP contribution in [0.15, 0.2) is 11.3 Å². The van der Waals surface area contributed by atoms with Crippen LogP contribution in [-0.4, -0.2) is 54.6 Å². The van der Waals surface area contributed by atoms with Crippen molar-refractivity contribution in [1.82, 2.24) is 4.90 Å². The Balaban J connectivity index is 2.44. The largest absolute Gasteiger partial charge is 0.461 e. The molecule has 0 aromatic heterocycles. The van der Waals surface area contributed by atoms with Gasteiger partial charge in [0.05, 0.1) is 16.6 Å². The lowest BCUT2D eigenvalue weighted by molar-refractivity contribution is -0.158. The Labute approximate surface area is 151 Å². The van der Waals surface area contributed by atoms with Crippen LogP contribution in [0.4, 0.5) is 0 Å². The molecule has 1 saturated heterocycles. The summed E-state index contributed by atoms with van der Waals surface area (Å²) in [4.78, 5) is 36.7. The highest BCUT2D eigenvalue weighted by molar-refractivity contribution is 7.86. The molecule has 0 radical (unpaired) electrons. The standard InChI is InChI=1S/C14H17Cl2NO6S/c1-7(18)22-5-8-6-24(21)12-14(15,16)11(20)17(12)9(8)10(19)23-13(2,3)4/h12H,5-6H2,1-4H3. The van der Waals surface area contributed by atoms with Crippen LogP contribution >= 0.6 is 23.2 Å². The maximum atomic E-state index is 12.5. The van der Waals surface area contributed by atoms with E-state index in [1.165, 1.54) is 6.92 Å². The number of fused-ring (bicyclic) bond motifs is 1. The van der Waals surface area contributed by atoms with Crippen molar-refractivity contribution >= 4 is 51.8 Å². The van der Waals surface area contributed by atoms with Crippen molar-refractivity contribution in [3.05, 3.63) is 11.3 Å². The maximum Gasteiger partial charge on any atom is 0.355 e. The first-order valence-corrected chi connectivity index (χ1v) is 9.17. The Bertz CT molecular complexity index is 667. The molecule has 10 heteroatoms. The van der Waals surface area contributed by atoms with E-state index in [9.17, 15) is 18.6 Å². The Morgan fingerprint density at radius 1 is 1.38 bits per heavy atom. The van der Waals surface area contributed by atoms with E-state index in [1.54, 1.807) is 20.8 Å². The highest BCUT2D eigenvalue weighted by Crippen LogP contribution is 2.48. The molecule has 1 fully saturated rings. The second-order valence-electron chi connectivity index (χ2n) is 6.41. The molecule has 2 aliphatic heterocycles. The third-order valence-electron chi connectivity index (χ3n) is 3.23. The van der Waals surface area contributed by atoms with Gasteiger partial charge in [0.25, 0.3) is 5.91 Å². The molecule has 0 aliphatic carbocycles. The fourth-order valence-electron chi connectivity index (χ4n) is 2.33. The molecule has 0 N–H and O–H groups in total. The third-order valence-corrected chi connectivity index (χ3v) is 5.92. The van der Waals surface area contributed by atoms with E-state index in [2.05, 4.69) is 0 Å². The summed E-state index contributed by atoms with van der Waals surface area (Å²) in [6.07, 6.45) is 0. The summed E-state index contributed by atoms with van der Waals surface area (Å²) in [5, 5.41) is -1.04. The van der Waals surface area contributed by atoms with E-state index in [0.717, 1.165) is 4.90 Å². The fourth-order valence-corrected chi connectivity index (χ4v) is 4.89. The lowest BCUT2D eigenvalue weighted by Gasteiger charge is -2.51. The molecule has 2 aliphatic rings. The number of alkyl halides is 2. The lowest BCUT2D eigenvalue weighted by Crippen LogP contribution is -2.72. The molecule has 1 amide bonds. The zero-order valence-corrected chi connectivity index (χ0v) is 15.9. The summed E-state index contributed by atoms with van der Waals surface area (Å²) >= 11 is 11.8. The maximum absolute atomic E-state index is 12.5. The van der Waals surface area contributed by atoms with Crippen molar-refractivity contribution in [2.75, 3.05) is 12.4 Å². The molecule has 24 heavy (non-hydrogen) atoms. The van der Waals surface area contributed by atoms with E-state index < -0.39 is 44.0 Å². The number of esters is 2. The van der Waals surface area contributed by atoms with Gasteiger partial charge in [0.2, 0.25) is 4.33 Å². The van der Waals surface area contributed by atoms with Crippen LogP contribution in [0.25, 0.3) is 0 Å². The first-order chi connectivity index (χ1) is 10.9. The Morgan fingerprint density at radius 3 is 2.46 bits per heavy atom. The minimum absolute atomic E-state index is 0.0997. The Hall–Kier alpha value is -1.12. The summed E-state index contributed by atoms with van der Waals surface area (Å²) in [5.74, 6) is -2.22. The van der Waals surface area contributed by atoms with Gasteiger partial charge in [-0.1, -0.05) is 23.2 Å². The summed E-state index contributed by atoms with van der Waals surface area (Å²) in [7, 11) is -1.64. The van der Waals surface area contributed by atoms with Gasteiger partial charge < -0.3 is 9.47 Å². The fraction of sp³-hybridized carbons (Fsp3) is 0.643. The van der Waals surface area contributed by atoms with Gasteiger partial charge in [-0.2, -0.15) is 0 Å². The second-order valence-corrected chi connectivity index (χ2v) is 9.29. The van der Waals surface area contributed by atoms with Gasteiger partial charge in [0, 0.05) is 12.5 Å². The van der Waals surface area contributed by atoms with E-state index in [1.807, 2.05) is 0 Å². The third kappa shape index (κ3) is 3.45. The van der Waals surface area contributed by atoms with Gasteiger partial charge in [-0.3, -0.25) is 18.7 Å². The highest BCUT2D eigenvalue weighted by Gasteiger charge is 2.66. The minimum Gasteiger partial charge on any atom is -0.461 e. The molecule has 0 saturated carbocycles. The number of nitrogens with zero attached hydrogens (tertiary/aromatic N) is 1. The van der Waals surface area contributed by atoms with Crippen molar-refractivity contribution in [3.8, 4) is 0 Å². The molecular weight excluding hydrogens is 381 g/mol. The van der Waals surface area contributed by atoms with Crippen LogP contribution in [-0.2, 0) is 34.7 Å². The summed E-state index contributed by atoms with van der Waals surface area (Å²) in [5.41, 5.74) is -0.695. The zero-order valence-electron chi connectivity index (χ0n) is 13.6. The molecule has 0 spiro atoms. The predicted molar refractivity (Wildman–Crippen MR) is 87.6 cm³/mol. The number of hydrogen-bond donors (Lipinski definition) is 0. The molecule has 0 bridgehead atoms. The van der Waals surface area contributed by atoms with Crippen LogP contribution in [0.1, 0.15) is 27.7 Å². The zero-order chi connectivity index (χ0) is 18.4. The van der Waals surface area contributed by atoms with E-state index in [-0.39, 0.29) is 23.6 Å². The summed E-state index contributed by atoms with van der Waals surface area (Å²) < 4.78 is 20.7. The summed E-state index contributed by atoms with van der Waals surface area (Å²) in [6, 6.07) is 0. The monoisotopic (exact) mass is 397 g/mol. The average Bonchev–Trinajstić information content (AvgIpc) is 2.41. The van der Waals surface area contributed by atoms with Crippen molar-refractivity contribution in [2.45, 2.75) is 43.0 Å². The average molecular weight is 398 g/mol. The molecule has 2 rings (SSSR count). The predicted octanol–water partition coefficient (Wildman–Crippen LogP) is 1.25. The van der Waals surface area contributed by atoms with Gasteiger partial charge >= 0.3 is 11.9 Å². The van der Waals surface area contributed by atoms with Crippen LogP contribution in [0, 0.1) is 0 Å². The van der Waals surface area contributed by atoms with Crippen LogP contribution in [0.5, 0.6) is 0 Å². The number of rotatable bonds is 3. The SMILES string of the molecule is CC(=O)OCC1=C(C(=O)OC(C)(C)C)N2C(=O)C(Cl)(Cl)C2S(=O)C1. The number of carbonyl (C=O) groups excluding carboxylic acids is 3. The number of halogens is 2. The normalized spacial score (nSPS) is 25.8.